The largest absolute Gasteiger partial charge is 0.326 e. The molecule has 80 valence electrons. The summed E-state index contributed by atoms with van der Waals surface area (Å²) in [4.78, 5) is 13.4. The Balaban J connectivity index is 2.22. The Morgan fingerprint density at radius 3 is 2.40 bits per heavy atom. The van der Waals surface area contributed by atoms with E-state index in [0.717, 1.165) is 24.1 Å². The van der Waals surface area contributed by atoms with E-state index in [1.165, 1.54) is 0 Å². The van der Waals surface area contributed by atoms with Crippen molar-refractivity contribution in [2.75, 3.05) is 4.90 Å². The SMILES string of the molecule is CC(=O)N(c1ccc(CN)cc1)C1CC1. The van der Waals surface area contributed by atoms with E-state index < -0.39 is 0 Å². The molecule has 2 rings (SSSR count). The predicted molar refractivity (Wildman–Crippen MR) is 60.5 cm³/mol. The van der Waals surface area contributed by atoms with E-state index in [-0.39, 0.29) is 5.91 Å². The molecule has 1 amide bonds. The molecule has 1 aromatic carbocycles. The Morgan fingerprint density at radius 2 is 2.00 bits per heavy atom. The van der Waals surface area contributed by atoms with Gasteiger partial charge in [0.25, 0.3) is 0 Å². The highest BCUT2D eigenvalue weighted by Crippen LogP contribution is 2.31. The Morgan fingerprint density at radius 1 is 1.40 bits per heavy atom. The van der Waals surface area contributed by atoms with Crippen LogP contribution < -0.4 is 10.6 Å². The van der Waals surface area contributed by atoms with E-state index in [0.29, 0.717) is 12.6 Å². The first-order chi connectivity index (χ1) is 7.22. The van der Waals surface area contributed by atoms with E-state index >= 15 is 0 Å². The molecule has 0 atom stereocenters. The lowest BCUT2D eigenvalue weighted by atomic mass is 10.2. The number of rotatable bonds is 3. The number of carbonyl (C=O) groups is 1. The summed E-state index contributed by atoms with van der Waals surface area (Å²) in [5.74, 6) is 0.123. The van der Waals surface area contributed by atoms with Gasteiger partial charge in [-0.25, -0.2) is 0 Å². The standard InChI is InChI=1S/C12H16N2O/c1-9(15)14(12-6-7-12)11-4-2-10(8-13)3-5-11/h2-5,12H,6-8,13H2,1H3. The van der Waals surface area contributed by atoms with Gasteiger partial charge < -0.3 is 10.6 Å². The van der Waals surface area contributed by atoms with Gasteiger partial charge in [-0.3, -0.25) is 4.79 Å². The van der Waals surface area contributed by atoms with Crippen molar-refractivity contribution in [1.29, 1.82) is 0 Å². The number of carbonyl (C=O) groups excluding carboxylic acids is 1. The van der Waals surface area contributed by atoms with E-state index in [9.17, 15) is 4.79 Å². The number of amides is 1. The average Bonchev–Trinajstić information content (AvgIpc) is 3.03. The van der Waals surface area contributed by atoms with Gasteiger partial charge in [-0.05, 0) is 30.5 Å². The highest BCUT2D eigenvalue weighted by atomic mass is 16.2. The molecular weight excluding hydrogens is 188 g/mol. The topological polar surface area (TPSA) is 46.3 Å². The summed E-state index contributed by atoms with van der Waals surface area (Å²) in [6.07, 6.45) is 2.25. The van der Waals surface area contributed by atoms with Crippen LogP contribution in [-0.2, 0) is 11.3 Å². The first-order valence-corrected chi connectivity index (χ1v) is 5.31. The van der Waals surface area contributed by atoms with Gasteiger partial charge in [-0.15, -0.1) is 0 Å². The van der Waals surface area contributed by atoms with E-state index in [1.807, 2.05) is 29.2 Å². The zero-order valence-corrected chi connectivity index (χ0v) is 8.94. The van der Waals surface area contributed by atoms with Gasteiger partial charge in [-0.1, -0.05) is 12.1 Å². The molecule has 0 spiro atoms. The molecule has 15 heavy (non-hydrogen) atoms. The fraction of sp³-hybridized carbons (Fsp3) is 0.417. The number of hydrogen-bond donors (Lipinski definition) is 1. The van der Waals surface area contributed by atoms with Gasteiger partial charge in [0.1, 0.15) is 0 Å². The first-order valence-electron chi connectivity index (χ1n) is 5.31. The molecule has 0 aliphatic heterocycles. The van der Waals surface area contributed by atoms with Crippen LogP contribution in [-0.4, -0.2) is 11.9 Å². The molecule has 1 aliphatic carbocycles. The molecule has 0 saturated heterocycles. The van der Waals surface area contributed by atoms with E-state index in [1.54, 1.807) is 6.92 Å². The maximum Gasteiger partial charge on any atom is 0.224 e. The van der Waals surface area contributed by atoms with Crippen molar-refractivity contribution in [1.82, 2.24) is 0 Å². The minimum absolute atomic E-state index is 0.123. The molecule has 3 heteroatoms. The van der Waals surface area contributed by atoms with Crippen molar-refractivity contribution in [3.63, 3.8) is 0 Å². The molecule has 0 heterocycles. The monoisotopic (exact) mass is 204 g/mol. The van der Waals surface area contributed by atoms with Crippen molar-refractivity contribution in [2.24, 2.45) is 5.73 Å². The van der Waals surface area contributed by atoms with Crippen LogP contribution in [0.4, 0.5) is 5.69 Å². The fourth-order valence-corrected chi connectivity index (χ4v) is 1.78. The Bertz CT molecular complexity index is 354. The zero-order valence-electron chi connectivity index (χ0n) is 8.94. The van der Waals surface area contributed by atoms with Crippen LogP contribution in [0.5, 0.6) is 0 Å². The summed E-state index contributed by atoms with van der Waals surface area (Å²) in [6.45, 7) is 2.17. The first kappa shape index (κ1) is 10.2. The lowest BCUT2D eigenvalue weighted by molar-refractivity contribution is -0.116. The van der Waals surface area contributed by atoms with Crippen molar-refractivity contribution in [2.45, 2.75) is 32.4 Å². The quantitative estimate of drug-likeness (QED) is 0.814. The van der Waals surface area contributed by atoms with E-state index in [4.69, 9.17) is 5.73 Å². The summed E-state index contributed by atoms with van der Waals surface area (Å²) in [5.41, 5.74) is 7.61. The average molecular weight is 204 g/mol. The summed E-state index contributed by atoms with van der Waals surface area (Å²) in [6, 6.07) is 8.33. The van der Waals surface area contributed by atoms with Crippen LogP contribution >= 0.6 is 0 Å². The molecule has 0 unspecified atom stereocenters. The maximum atomic E-state index is 11.5. The van der Waals surface area contributed by atoms with Crippen LogP contribution in [0.2, 0.25) is 0 Å². The lowest BCUT2D eigenvalue weighted by Crippen LogP contribution is -2.30. The maximum absolute atomic E-state index is 11.5. The van der Waals surface area contributed by atoms with Crippen molar-refractivity contribution in [3.05, 3.63) is 29.8 Å². The minimum Gasteiger partial charge on any atom is -0.326 e. The zero-order chi connectivity index (χ0) is 10.8. The van der Waals surface area contributed by atoms with Gasteiger partial charge in [-0.2, -0.15) is 0 Å². The van der Waals surface area contributed by atoms with Gasteiger partial charge in [0.2, 0.25) is 5.91 Å². The third-order valence-corrected chi connectivity index (χ3v) is 2.70. The molecule has 1 saturated carbocycles. The highest BCUT2D eigenvalue weighted by Gasteiger charge is 2.31. The second-order valence-corrected chi connectivity index (χ2v) is 3.99. The molecule has 2 N–H and O–H groups in total. The number of nitrogens with two attached hydrogens (primary N) is 1. The van der Waals surface area contributed by atoms with Crippen molar-refractivity contribution in [3.8, 4) is 0 Å². The molecule has 1 fully saturated rings. The van der Waals surface area contributed by atoms with Gasteiger partial charge in [0.05, 0.1) is 0 Å². The van der Waals surface area contributed by atoms with Gasteiger partial charge in [0.15, 0.2) is 0 Å². The highest BCUT2D eigenvalue weighted by molar-refractivity contribution is 5.92. The van der Waals surface area contributed by atoms with Crippen LogP contribution in [0.15, 0.2) is 24.3 Å². The smallest absolute Gasteiger partial charge is 0.224 e. The lowest BCUT2D eigenvalue weighted by Gasteiger charge is -2.20. The predicted octanol–water partition coefficient (Wildman–Crippen LogP) is 1.66. The summed E-state index contributed by atoms with van der Waals surface area (Å²) < 4.78 is 0. The molecule has 1 aliphatic rings. The molecule has 0 aromatic heterocycles. The fourth-order valence-electron chi connectivity index (χ4n) is 1.78. The Labute approximate surface area is 89.9 Å². The second kappa shape index (κ2) is 4.03. The number of nitrogens with zero attached hydrogens (tertiary/aromatic N) is 1. The molecule has 0 radical (unpaired) electrons. The van der Waals surface area contributed by atoms with Crippen LogP contribution in [0.25, 0.3) is 0 Å². The number of anilines is 1. The molecule has 0 bridgehead atoms. The Kier molecular flexibility index (Phi) is 2.73. The van der Waals surface area contributed by atoms with Crippen LogP contribution in [0.1, 0.15) is 25.3 Å². The minimum atomic E-state index is 0.123. The van der Waals surface area contributed by atoms with E-state index in [2.05, 4.69) is 0 Å². The molecule has 1 aromatic rings. The summed E-state index contributed by atoms with van der Waals surface area (Å²) >= 11 is 0. The normalized spacial score (nSPS) is 15.1. The van der Waals surface area contributed by atoms with Crippen LogP contribution in [0.3, 0.4) is 0 Å². The number of hydrogen-bond acceptors (Lipinski definition) is 2. The second-order valence-electron chi connectivity index (χ2n) is 3.99. The molecule has 3 nitrogen and oxygen atoms in total. The van der Waals surface area contributed by atoms with Crippen molar-refractivity contribution >= 4 is 11.6 Å². The summed E-state index contributed by atoms with van der Waals surface area (Å²) in [5, 5.41) is 0. The van der Waals surface area contributed by atoms with Crippen molar-refractivity contribution < 1.29 is 4.79 Å². The Hall–Kier alpha value is -1.35. The third-order valence-electron chi connectivity index (χ3n) is 2.70. The third kappa shape index (κ3) is 2.18. The number of benzene rings is 1. The molecular formula is C12H16N2O. The van der Waals surface area contributed by atoms with Gasteiger partial charge >= 0.3 is 0 Å². The summed E-state index contributed by atoms with van der Waals surface area (Å²) in [7, 11) is 0. The van der Waals surface area contributed by atoms with Gasteiger partial charge in [0, 0.05) is 25.2 Å². The van der Waals surface area contributed by atoms with Crippen LogP contribution in [0, 0.1) is 0 Å².